The van der Waals surface area contributed by atoms with Gasteiger partial charge in [-0.2, -0.15) is 4.31 Å². The zero-order valence-electron chi connectivity index (χ0n) is 9.71. The number of hydrogen-bond acceptors (Lipinski definition) is 5. The number of aryl methyl sites for hydroxylation is 2. The van der Waals surface area contributed by atoms with Crippen molar-refractivity contribution in [3.05, 3.63) is 11.5 Å². The van der Waals surface area contributed by atoms with E-state index in [1.807, 2.05) is 0 Å². The summed E-state index contributed by atoms with van der Waals surface area (Å²) >= 11 is 0. The van der Waals surface area contributed by atoms with Crippen LogP contribution in [0.25, 0.3) is 0 Å². The summed E-state index contributed by atoms with van der Waals surface area (Å²) in [6, 6.07) is -0.0738. The minimum atomic E-state index is -3.49. The van der Waals surface area contributed by atoms with Crippen LogP contribution in [0.2, 0.25) is 0 Å². The highest BCUT2D eigenvalue weighted by Crippen LogP contribution is 2.25. The van der Waals surface area contributed by atoms with Gasteiger partial charge in [0.2, 0.25) is 10.0 Å². The molecule has 0 bridgehead atoms. The second-order valence-electron chi connectivity index (χ2n) is 4.07. The highest BCUT2D eigenvalue weighted by Gasteiger charge is 2.34. The van der Waals surface area contributed by atoms with Crippen molar-refractivity contribution < 1.29 is 12.9 Å². The zero-order chi connectivity index (χ0) is 11.9. The molecule has 1 aromatic rings. The summed E-state index contributed by atoms with van der Waals surface area (Å²) < 4.78 is 30.8. The van der Waals surface area contributed by atoms with Crippen molar-refractivity contribution in [1.29, 1.82) is 0 Å². The summed E-state index contributed by atoms with van der Waals surface area (Å²) in [6.45, 7) is 4.06. The average molecular weight is 282 g/mol. The van der Waals surface area contributed by atoms with E-state index in [1.165, 1.54) is 4.31 Å². The Balaban J connectivity index is 0.00000144. The van der Waals surface area contributed by atoms with Crippen LogP contribution in [-0.4, -0.2) is 37.0 Å². The van der Waals surface area contributed by atoms with Gasteiger partial charge in [-0.15, -0.1) is 12.4 Å². The lowest BCUT2D eigenvalue weighted by molar-refractivity contribution is 0.389. The predicted molar refractivity (Wildman–Crippen MR) is 64.6 cm³/mol. The summed E-state index contributed by atoms with van der Waals surface area (Å²) in [5, 5.41) is 3.66. The lowest BCUT2D eigenvalue weighted by atomic mass is 10.3. The lowest BCUT2D eigenvalue weighted by Crippen LogP contribution is -2.32. The lowest BCUT2D eigenvalue weighted by Gasteiger charge is -2.15. The van der Waals surface area contributed by atoms with Crippen LogP contribution in [-0.2, 0) is 10.0 Å². The zero-order valence-corrected chi connectivity index (χ0v) is 11.3. The molecule has 1 aliphatic rings. The molecule has 1 saturated heterocycles. The van der Waals surface area contributed by atoms with Gasteiger partial charge in [0.1, 0.15) is 10.6 Å². The van der Waals surface area contributed by atoms with E-state index in [9.17, 15) is 8.42 Å². The number of rotatable bonds is 2. The van der Waals surface area contributed by atoms with Crippen LogP contribution >= 0.6 is 12.4 Å². The van der Waals surface area contributed by atoms with Gasteiger partial charge in [-0.05, 0) is 20.3 Å². The molecule has 2 rings (SSSR count). The molecule has 17 heavy (non-hydrogen) atoms. The second-order valence-corrected chi connectivity index (χ2v) is 5.94. The standard InChI is InChI=1S/C9H15N3O3S.ClH/c1-6-9(7(2)15-11-6)16(13,14)12-4-3-8(10)5-12;/h8H,3-5,10H2,1-2H3;1H/t8-;/m1./s1. The number of nitrogens with two attached hydrogens (primary N) is 1. The van der Waals surface area contributed by atoms with Crippen molar-refractivity contribution in [2.45, 2.75) is 31.2 Å². The molecule has 8 heteroatoms. The smallest absolute Gasteiger partial charge is 0.248 e. The molecule has 2 heterocycles. The summed E-state index contributed by atoms with van der Waals surface area (Å²) in [5.74, 6) is 0.331. The summed E-state index contributed by atoms with van der Waals surface area (Å²) in [6.07, 6.45) is 0.697. The number of hydrogen-bond donors (Lipinski definition) is 1. The Labute approximate surface area is 107 Å². The van der Waals surface area contributed by atoms with Gasteiger partial charge in [0, 0.05) is 19.1 Å². The molecular weight excluding hydrogens is 266 g/mol. The third kappa shape index (κ3) is 2.47. The monoisotopic (exact) mass is 281 g/mol. The molecule has 0 aromatic carbocycles. The molecule has 1 aromatic heterocycles. The molecule has 1 atom stereocenters. The molecule has 0 spiro atoms. The fraction of sp³-hybridized carbons (Fsp3) is 0.667. The normalized spacial score (nSPS) is 21.5. The molecule has 1 aliphatic heterocycles. The minimum Gasteiger partial charge on any atom is -0.360 e. The van der Waals surface area contributed by atoms with Gasteiger partial charge in [0.25, 0.3) is 0 Å². The molecular formula is C9H16ClN3O3S. The van der Waals surface area contributed by atoms with Crippen LogP contribution in [0.3, 0.4) is 0 Å². The third-order valence-electron chi connectivity index (χ3n) is 2.75. The highest BCUT2D eigenvalue weighted by molar-refractivity contribution is 7.89. The maximum atomic E-state index is 12.3. The Hall–Kier alpha value is -0.630. The maximum absolute atomic E-state index is 12.3. The van der Waals surface area contributed by atoms with Crippen molar-refractivity contribution >= 4 is 22.4 Å². The van der Waals surface area contributed by atoms with E-state index in [0.29, 0.717) is 31.0 Å². The molecule has 6 nitrogen and oxygen atoms in total. The highest BCUT2D eigenvalue weighted by atomic mass is 35.5. The fourth-order valence-corrected chi connectivity index (χ4v) is 3.75. The van der Waals surface area contributed by atoms with E-state index < -0.39 is 10.0 Å². The van der Waals surface area contributed by atoms with Crippen LogP contribution in [0.4, 0.5) is 0 Å². The minimum absolute atomic E-state index is 0. The fourth-order valence-electron chi connectivity index (χ4n) is 1.94. The van der Waals surface area contributed by atoms with Crippen LogP contribution < -0.4 is 5.73 Å². The van der Waals surface area contributed by atoms with E-state index in [0.717, 1.165) is 0 Å². The molecule has 0 aliphatic carbocycles. The quantitative estimate of drug-likeness (QED) is 0.849. The molecule has 1 fully saturated rings. The van der Waals surface area contributed by atoms with Gasteiger partial charge < -0.3 is 10.3 Å². The van der Waals surface area contributed by atoms with Gasteiger partial charge in [-0.25, -0.2) is 8.42 Å². The summed E-state index contributed by atoms with van der Waals surface area (Å²) in [7, 11) is -3.49. The molecule has 0 radical (unpaired) electrons. The number of sulfonamides is 1. The van der Waals surface area contributed by atoms with Crippen molar-refractivity contribution in [2.24, 2.45) is 5.73 Å². The Bertz CT molecular complexity index is 480. The Morgan fingerprint density at radius 3 is 2.53 bits per heavy atom. The number of nitrogens with zero attached hydrogens (tertiary/aromatic N) is 2. The summed E-state index contributed by atoms with van der Waals surface area (Å²) in [5.41, 5.74) is 6.11. The average Bonchev–Trinajstić information content (AvgIpc) is 2.74. The molecule has 0 unspecified atom stereocenters. The van der Waals surface area contributed by atoms with E-state index >= 15 is 0 Å². The maximum Gasteiger partial charge on any atom is 0.248 e. The molecule has 98 valence electrons. The molecule has 0 amide bonds. The molecule has 2 N–H and O–H groups in total. The van der Waals surface area contributed by atoms with E-state index in [-0.39, 0.29) is 23.3 Å². The number of aromatic nitrogens is 1. The van der Waals surface area contributed by atoms with Gasteiger partial charge in [-0.3, -0.25) is 0 Å². The Kier molecular flexibility index (Phi) is 4.19. The van der Waals surface area contributed by atoms with Crippen molar-refractivity contribution in [3.8, 4) is 0 Å². The first-order chi connectivity index (χ1) is 7.43. The van der Waals surface area contributed by atoms with Gasteiger partial charge in [-0.1, -0.05) is 5.16 Å². The second kappa shape index (κ2) is 4.93. The first kappa shape index (κ1) is 14.4. The van der Waals surface area contributed by atoms with Crippen LogP contribution in [0.5, 0.6) is 0 Å². The molecule has 0 saturated carbocycles. The van der Waals surface area contributed by atoms with Gasteiger partial charge >= 0.3 is 0 Å². The van der Waals surface area contributed by atoms with Crippen molar-refractivity contribution in [3.63, 3.8) is 0 Å². The van der Waals surface area contributed by atoms with E-state index in [2.05, 4.69) is 5.16 Å². The van der Waals surface area contributed by atoms with Crippen molar-refractivity contribution in [2.75, 3.05) is 13.1 Å². The largest absolute Gasteiger partial charge is 0.360 e. The topological polar surface area (TPSA) is 89.4 Å². The van der Waals surface area contributed by atoms with E-state index in [4.69, 9.17) is 10.3 Å². The van der Waals surface area contributed by atoms with Crippen LogP contribution in [0.15, 0.2) is 9.42 Å². The first-order valence-corrected chi connectivity index (χ1v) is 6.55. The first-order valence-electron chi connectivity index (χ1n) is 5.11. The van der Waals surface area contributed by atoms with E-state index in [1.54, 1.807) is 13.8 Å². The predicted octanol–water partition coefficient (Wildman–Crippen LogP) is 0.435. The van der Waals surface area contributed by atoms with Crippen molar-refractivity contribution in [1.82, 2.24) is 9.46 Å². The summed E-state index contributed by atoms with van der Waals surface area (Å²) in [4.78, 5) is 0.182. The number of halogens is 1. The van der Waals surface area contributed by atoms with Gasteiger partial charge in [0.15, 0.2) is 5.76 Å². The SMILES string of the molecule is Cc1noc(C)c1S(=O)(=O)N1CC[C@@H](N)C1.Cl. The van der Waals surface area contributed by atoms with Gasteiger partial charge in [0.05, 0.1) is 0 Å². The Morgan fingerprint density at radius 2 is 2.12 bits per heavy atom. The van der Waals surface area contributed by atoms with Crippen LogP contribution in [0.1, 0.15) is 17.9 Å². The third-order valence-corrected chi connectivity index (χ3v) is 4.86. The van der Waals surface area contributed by atoms with Crippen LogP contribution in [0, 0.1) is 13.8 Å². The Morgan fingerprint density at radius 1 is 1.47 bits per heavy atom.